The van der Waals surface area contributed by atoms with Crippen LogP contribution in [0.25, 0.3) is 0 Å². The SMILES string of the molecule is CN(C)[C@H]1CCN(Cc2ccc(C(=O)O)cc2C(F)(F)F)C1. The van der Waals surface area contributed by atoms with Crippen molar-refractivity contribution in [3.05, 3.63) is 34.9 Å². The predicted molar refractivity (Wildman–Crippen MR) is 75.8 cm³/mol. The molecule has 0 amide bonds. The van der Waals surface area contributed by atoms with Crippen molar-refractivity contribution in [1.82, 2.24) is 9.80 Å². The van der Waals surface area contributed by atoms with Gasteiger partial charge in [0.05, 0.1) is 11.1 Å². The predicted octanol–water partition coefficient (Wildman–Crippen LogP) is 2.54. The summed E-state index contributed by atoms with van der Waals surface area (Å²) in [6.45, 7) is 1.63. The van der Waals surface area contributed by atoms with E-state index in [1.165, 1.54) is 12.1 Å². The van der Waals surface area contributed by atoms with E-state index in [1.807, 2.05) is 19.0 Å². The molecule has 7 heteroatoms. The zero-order valence-corrected chi connectivity index (χ0v) is 12.5. The zero-order valence-electron chi connectivity index (χ0n) is 12.5. The Kier molecular flexibility index (Phi) is 4.77. The van der Waals surface area contributed by atoms with Crippen molar-refractivity contribution in [3.8, 4) is 0 Å². The molecule has 0 spiro atoms. The summed E-state index contributed by atoms with van der Waals surface area (Å²) in [4.78, 5) is 14.9. The Balaban J connectivity index is 2.22. The van der Waals surface area contributed by atoms with E-state index >= 15 is 0 Å². The third kappa shape index (κ3) is 3.78. The van der Waals surface area contributed by atoms with Crippen molar-refractivity contribution >= 4 is 5.97 Å². The van der Waals surface area contributed by atoms with Crippen LogP contribution in [0.3, 0.4) is 0 Å². The molecule has 0 aliphatic carbocycles. The standard InChI is InChI=1S/C15H19F3N2O2/c1-19(2)12-5-6-20(9-12)8-11-4-3-10(14(21)22)7-13(11)15(16,17)18/h3-4,7,12H,5-6,8-9H2,1-2H3,(H,21,22)/t12-/m0/s1. The zero-order chi connectivity index (χ0) is 16.5. The molecule has 22 heavy (non-hydrogen) atoms. The minimum Gasteiger partial charge on any atom is -0.478 e. The van der Waals surface area contributed by atoms with Crippen LogP contribution < -0.4 is 0 Å². The van der Waals surface area contributed by atoms with Crippen LogP contribution in [0, 0.1) is 0 Å². The summed E-state index contributed by atoms with van der Waals surface area (Å²) in [7, 11) is 3.91. The van der Waals surface area contributed by atoms with Gasteiger partial charge in [-0.2, -0.15) is 13.2 Å². The maximum absolute atomic E-state index is 13.2. The molecule has 1 fully saturated rings. The summed E-state index contributed by atoms with van der Waals surface area (Å²) >= 11 is 0. The van der Waals surface area contributed by atoms with Gasteiger partial charge in [0.25, 0.3) is 0 Å². The third-order valence-corrected chi connectivity index (χ3v) is 4.03. The molecule has 0 aromatic heterocycles. The van der Waals surface area contributed by atoms with Crippen LogP contribution in [0.2, 0.25) is 0 Å². The van der Waals surface area contributed by atoms with Crippen LogP contribution in [0.1, 0.15) is 27.9 Å². The number of aromatic carboxylic acids is 1. The number of likely N-dealkylation sites (tertiary alicyclic amines) is 1. The first-order chi connectivity index (χ1) is 10.2. The average Bonchev–Trinajstić information content (AvgIpc) is 2.86. The van der Waals surface area contributed by atoms with Crippen molar-refractivity contribution in [2.24, 2.45) is 0 Å². The second-order valence-electron chi connectivity index (χ2n) is 5.82. The maximum Gasteiger partial charge on any atom is 0.416 e. The Morgan fingerprint density at radius 1 is 1.41 bits per heavy atom. The summed E-state index contributed by atoms with van der Waals surface area (Å²) in [5, 5.41) is 8.86. The Morgan fingerprint density at radius 2 is 2.09 bits per heavy atom. The van der Waals surface area contributed by atoms with Crippen molar-refractivity contribution in [2.45, 2.75) is 25.2 Å². The number of carbonyl (C=O) groups is 1. The summed E-state index contributed by atoms with van der Waals surface area (Å²) < 4.78 is 39.5. The third-order valence-electron chi connectivity index (χ3n) is 4.03. The van der Waals surface area contributed by atoms with E-state index in [0.717, 1.165) is 19.0 Å². The molecule has 1 aliphatic heterocycles. The second-order valence-corrected chi connectivity index (χ2v) is 5.82. The highest BCUT2D eigenvalue weighted by atomic mass is 19.4. The van der Waals surface area contributed by atoms with E-state index in [4.69, 9.17) is 5.11 Å². The van der Waals surface area contributed by atoms with Crippen LogP contribution in [0.4, 0.5) is 13.2 Å². The van der Waals surface area contributed by atoms with Gasteiger partial charge in [0.15, 0.2) is 0 Å². The van der Waals surface area contributed by atoms with Gasteiger partial charge in [0.1, 0.15) is 0 Å². The van der Waals surface area contributed by atoms with Gasteiger partial charge < -0.3 is 10.0 Å². The monoisotopic (exact) mass is 316 g/mol. The largest absolute Gasteiger partial charge is 0.478 e. The van der Waals surface area contributed by atoms with Gasteiger partial charge in [-0.1, -0.05) is 6.07 Å². The molecule has 1 saturated heterocycles. The van der Waals surface area contributed by atoms with Gasteiger partial charge in [-0.3, -0.25) is 4.90 Å². The van der Waals surface area contributed by atoms with Gasteiger partial charge in [-0.25, -0.2) is 4.79 Å². The molecular weight excluding hydrogens is 297 g/mol. The van der Waals surface area contributed by atoms with Gasteiger partial charge in [-0.15, -0.1) is 0 Å². The second kappa shape index (κ2) is 6.26. The quantitative estimate of drug-likeness (QED) is 0.927. The molecule has 2 rings (SSSR count). The first kappa shape index (κ1) is 16.8. The minimum atomic E-state index is -4.55. The Morgan fingerprint density at radius 3 is 2.59 bits per heavy atom. The van der Waals surface area contributed by atoms with Crippen LogP contribution in [-0.4, -0.2) is 54.1 Å². The molecular formula is C15H19F3N2O2. The topological polar surface area (TPSA) is 43.8 Å². The number of halogens is 3. The lowest BCUT2D eigenvalue weighted by Gasteiger charge is -2.22. The van der Waals surface area contributed by atoms with Crippen molar-refractivity contribution in [1.29, 1.82) is 0 Å². The molecule has 1 atom stereocenters. The first-order valence-electron chi connectivity index (χ1n) is 7.00. The summed E-state index contributed by atoms with van der Waals surface area (Å²) in [6, 6.07) is 3.56. The van der Waals surface area contributed by atoms with Gasteiger partial charge in [0.2, 0.25) is 0 Å². The molecule has 0 saturated carbocycles. The molecule has 1 N–H and O–H groups in total. The van der Waals surface area contributed by atoms with Gasteiger partial charge >= 0.3 is 12.1 Å². The Hall–Kier alpha value is -1.60. The van der Waals surface area contributed by atoms with Crippen LogP contribution in [-0.2, 0) is 12.7 Å². The van der Waals surface area contributed by atoms with E-state index in [-0.39, 0.29) is 17.7 Å². The van der Waals surface area contributed by atoms with Crippen molar-refractivity contribution in [3.63, 3.8) is 0 Å². The number of likely N-dealkylation sites (N-methyl/N-ethyl adjacent to an activating group) is 1. The molecule has 1 aliphatic rings. The maximum atomic E-state index is 13.2. The number of nitrogens with zero attached hydrogens (tertiary/aromatic N) is 2. The minimum absolute atomic E-state index is 0.122. The number of hydrogen-bond acceptors (Lipinski definition) is 3. The van der Waals surface area contributed by atoms with E-state index < -0.39 is 17.7 Å². The molecule has 1 heterocycles. The molecule has 0 bridgehead atoms. The molecule has 0 radical (unpaired) electrons. The van der Waals surface area contributed by atoms with Crippen LogP contribution in [0.5, 0.6) is 0 Å². The van der Waals surface area contributed by atoms with Crippen LogP contribution in [0.15, 0.2) is 18.2 Å². The smallest absolute Gasteiger partial charge is 0.416 e. The fraction of sp³-hybridized carbons (Fsp3) is 0.533. The summed E-state index contributed by atoms with van der Waals surface area (Å²) in [6.07, 6.45) is -3.64. The lowest BCUT2D eigenvalue weighted by molar-refractivity contribution is -0.138. The lowest BCUT2D eigenvalue weighted by atomic mass is 10.0. The molecule has 1 aromatic carbocycles. The fourth-order valence-corrected chi connectivity index (χ4v) is 2.73. The highest BCUT2D eigenvalue weighted by Crippen LogP contribution is 2.34. The first-order valence-corrected chi connectivity index (χ1v) is 7.00. The van der Waals surface area contributed by atoms with Crippen LogP contribution >= 0.6 is 0 Å². The Labute approximate surface area is 127 Å². The summed E-state index contributed by atoms with van der Waals surface area (Å²) in [5.74, 6) is -1.36. The fourth-order valence-electron chi connectivity index (χ4n) is 2.73. The lowest BCUT2D eigenvalue weighted by Crippen LogP contribution is -2.31. The summed E-state index contributed by atoms with van der Waals surface area (Å²) in [5.41, 5.74) is -1.08. The molecule has 0 unspecified atom stereocenters. The molecule has 1 aromatic rings. The normalized spacial score (nSPS) is 19.8. The van der Waals surface area contributed by atoms with E-state index in [0.29, 0.717) is 12.6 Å². The number of carboxylic acids is 1. The van der Waals surface area contributed by atoms with E-state index in [9.17, 15) is 18.0 Å². The number of rotatable bonds is 4. The average molecular weight is 316 g/mol. The van der Waals surface area contributed by atoms with Gasteiger partial charge in [-0.05, 0) is 38.2 Å². The van der Waals surface area contributed by atoms with Crippen molar-refractivity contribution in [2.75, 3.05) is 27.2 Å². The highest BCUT2D eigenvalue weighted by molar-refractivity contribution is 5.88. The van der Waals surface area contributed by atoms with Crippen molar-refractivity contribution < 1.29 is 23.1 Å². The molecule has 122 valence electrons. The number of alkyl halides is 3. The number of hydrogen-bond donors (Lipinski definition) is 1. The number of benzene rings is 1. The van der Waals surface area contributed by atoms with E-state index in [1.54, 1.807) is 0 Å². The van der Waals surface area contributed by atoms with Gasteiger partial charge in [0, 0.05) is 25.7 Å². The highest BCUT2D eigenvalue weighted by Gasteiger charge is 2.35. The van der Waals surface area contributed by atoms with E-state index in [2.05, 4.69) is 4.90 Å². The molecule has 4 nitrogen and oxygen atoms in total. The number of carboxylic acid groups (broad SMARTS) is 1. The Bertz CT molecular complexity index is 558.